The normalized spacial score (nSPS) is 11.0. The van der Waals surface area contributed by atoms with E-state index >= 15 is 0 Å². The molecule has 0 aromatic heterocycles. The monoisotopic (exact) mass is 199 g/mol. The van der Waals surface area contributed by atoms with Gasteiger partial charge in [-0.1, -0.05) is 18.2 Å². The molecule has 0 radical (unpaired) electrons. The summed E-state index contributed by atoms with van der Waals surface area (Å²) in [4.78, 5) is 0. The van der Waals surface area contributed by atoms with E-state index in [1.807, 2.05) is 6.07 Å². The lowest BCUT2D eigenvalue weighted by Crippen LogP contribution is -2.08. The summed E-state index contributed by atoms with van der Waals surface area (Å²) in [5, 5.41) is 8.29. The Morgan fingerprint density at radius 1 is 1.21 bits per heavy atom. The third kappa shape index (κ3) is 2.49. The van der Waals surface area contributed by atoms with Crippen LogP contribution < -0.4 is 0 Å². The third-order valence-electron chi connectivity index (χ3n) is 1.83. The van der Waals surface area contributed by atoms with Crippen molar-refractivity contribution in [1.82, 2.24) is 0 Å². The second-order valence-corrected chi connectivity index (χ2v) is 2.81. The van der Waals surface area contributed by atoms with Crippen LogP contribution in [0.25, 0.3) is 0 Å². The molecule has 0 bridgehead atoms. The van der Waals surface area contributed by atoms with Gasteiger partial charge in [-0.15, -0.1) is 0 Å². The van der Waals surface area contributed by atoms with Crippen LogP contribution in [-0.4, -0.2) is 0 Å². The van der Waals surface area contributed by atoms with E-state index < -0.39 is 11.7 Å². The van der Waals surface area contributed by atoms with Crippen molar-refractivity contribution >= 4 is 0 Å². The summed E-state index contributed by atoms with van der Waals surface area (Å²) in [6, 6.07) is 7.15. The van der Waals surface area contributed by atoms with E-state index in [4.69, 9.17) is 5.26 Å². The van der Waals surface area contributed by atoms with Gasteiger partial charge in [-0.2, -0.15) is 18.4 Å². The predicted molar refractivity (Wildman–Crippen MR) is 45.4 cm³/mol. The van der Waals surface area contributed by atoms with Crippen LogP contribution in [-0.2, 0) is 12.6 Å². The van der Waals surface area contributed by atoms with E-state index in [0.29, 0.717) is 0 Å². The topological polar surface area (TPSA) is 23.8 Å². The van der Waals surface area contributed by atoms with Gasteiger partial charge in [0, 0.05) is 6.42 Å². The smallest absolute Gasteiger partial charge is 0.198 e. The zero-order valence-corrected chi connectivity index (χ0v) is 7.30. The maximum Gasteiger partial charge on any atom is 0.416 e. The first-order valence-electron chi connectivity index (χ1n) is 4.08. The van der Waals surface area contributed by atoms with Gasteiger partial charge in [-0.3, -0.25) is 0 Å². The first kappa shape index (κ1) is 10.6. The lowest BCUT2D eigenvalue weighted by atomic mass is 10.0. The molecule has 0 atom stereocenters. The molecular weight excluding hydrogens is 191 g/mol. The zero-order chi connectivity index (χ0) is 10.6. The molecule has 0 unspecified atom stereocenters. The summed E-state index contributed by atoms with van der Waals surface area (Å²) in [7, 11) is 0. The van der Waals surface area contributed by atoms with Crippen LogP contribution in [0, 0.1) is 11.3 Å². The molecule has 0 aliphatic carbocycles. The van der Waals surface area contributed by atoms with Gasteiger partial charge in [-0.25, -0.2) is 0 Å². The Balaban J connectivity index is 2.99. The molecule has 0 N–H and O–H groups in total. The van der Waals surface area contributed by atoms with E-state index in [0.717, 1.165) is 6.07 Å². The van der Waals surface area contributed by atoms with E-state index in [2.05, 4.69) is 0 Å². The van der Waals surface area contributed by atoms with Crippen LogP contribution >= 0.6 is 0 Å². The second-order valence-electron chi connectivity index (χ2n) is 2.81. The van der Waals surface area contributed by atoms with Crippen molar-refractivity contribution in [3.05, 3.63) is 35.4 Å². The highest BCUT2D eigenvalue weighted by molar-refractivity contribution is 5.29. The fourth-order valence-electron chi connectivity index (χ4n) is 1.21. The average Bonchev–Trinajstić information content (AvgIpc) is 2.14. The number of benzene rings is 1. The van der Waals surface area contributed by atoms with E-state index in [9.17, 15) is 13.2 Å². The minimum absolute atomic E-state index is 0.104. The SMILES string of the molecule is N#CCCc1ccccc1C(F)(F)F. The van der Waals surface area contributed by atoms with E-state index in [1.54, 1.807) is 6.07 Å². The molecular formula is C10H8F3N. The van der Waals surface area contributed by atoms with E-state index in [1.165, 1.54) is 12.1 Å². The summed E-state index contributed by atoms with van der Waals surface area (Å²) < 4.78 is 37.2. The van der Waals surface area contributed by atoms with Crippen LogP contribution in [0.15, 0.2) is 24.3 Å². The quantitative estimate of drug-likeness (QED) is 0.717. The second kappa shape index (κ2) is 4.14. The Bertz CT molecular complexity index is 349. The van der Waals surface area contributed by atoms with Gasteiger partial charge in [0.05, 0.1) is 11.6 Å². The molecule has 0 saturated carbocycles. The fraction of sp³-hybridized carbons (Fsp3) is 0.300. The van der Waals surface area contributed by atoms with Crippen molar-refractivity contribution in [2.45, 2.75) is 19.0 Å². The largest absolute Gasteiger partial charge is 0.416 e. The molecule has 1 aromatic carbocycles. The number of nitrogens with zero attached hydrogens (tertiary/aromatic N) is 1. The first-order chi connectivity index (χ1) is 6.55. The highest BCUT2D eigenvalue weighted by Gasteiger charge is 2.32. The Hall–Kier alpha value is -1.50. The van der Waals surface area contributed by atoms with Gasteiger partial charge in [0.2, 0.25) is 0 Å². The maximum absolute atomic E-state index is 12.4. The van der Waals surface area contributed by atoms with Gasteiger partial charge in [0.1, 0.15) is 0 Å². The summed E-state index contributed by atoms with van der Waals surface area (Å²) in [6.45, 7) is 0. The van der Waals surface area contributed by atoms with Gasteiger partial charge >= 0.3 is 6.18 Å². The van der Waals surface area contributed by atoms with Crippen LogP contribution in [0.3, 0.4) is 0 Å². The molecule has 1 rings (SSSR count). The Kier molecular flexibility index (Phi) is 3.13. The highest BCUT2D eigenvalue weighted by Crippen LogP contribution is 2.32. The molecule has 1 aromatic rings. The molecule has 0 saturated heterocycles. The number of nitriles is 1. The van der Waals surface area contributed by atoms with Crippen molar-refractivity contribution in [2.24, 2.45) is 0 Å². The first-order valence-corrected chi connectivity index (χ1v) is 4.08. The average molecular weight is 199 g/mol. The minimum Gasteiger partial charge on any atom is -0.198 e. The molecule has 0 aliphatic heterocycles. The standard InChI is InChI=1S/C10H8F3N/c11-10(12,13)9-6-2-1-4-8(9)5-3-7-14/h1-2,4,6H,3,5H2. The third-order valence-corrected chi connectivity index (χ3v) is 1.83. The van der Waals surface area contributed by atoms with Crippen molar-refractivity contribution in [3.8, 4) is 6.07 Å². The van der Waals surface area contributed by atoms with Gasteiger partial charge in [0.15, 0.2) is 0 Å². The summed E-state index contributed by atoms with van der Waals surface area (Å²) in [6.07, 6.45) is -4.08. The van der Waals surface area contributed by atoms with Crippen LogP contribution in [0.4, 0.5) is 13.2 Å². The Morgan fingerprint density at radius 2 is 1.86 bits per heavy atom. The summed E-state index contributed by atoms with van der Waals surface area (Å²) in [5.74, 6) is 0. The Morgan fingerprint density at radius 3 is 2.43 bits per heavy atom. The molecule has 0 amide bonds. The van der Waals surface area contributed by atoms with Gasteiger partial charge < -0.3 is 0 Å². The number of aryl methyl sites for hydroxylation is 1. The number of alkyl halides is 3. The van der Waals surface area contributed by atoms with Crippen molar-refractivity contribution < 1.29 is 13.2 Å². The van der Waals surface area contributed by atoms with Gasteiger partial charge in [-0.05, 0) is 18.1 Å². The fourth-order valence-corrected chi connectivity index (χ4v) is 1.21. The molecule has 0 heterocycles. The minimum atomic E-state index is -4.33. The molecule has 0 aliphatic rings. The van der Waals surface area contributed by atoms with Crippen LogP contribution in [0.2, 0.25) is 0 Å². The summed E-state index contributed by atoms with van der Waals surface area (Å²) >= 11 is 0. The van der Waals surface area contributed by atoms with Crippen LogP contribution in [0.1, 0.15) is 17.5 Å². The van der Waals surface area contributed by atoms with Crippen molar-refractivity contribution in [3.63, 3.8) is 0 Å². The van der Waals surface area contributed by atoms with E-state index in [-0.39, 0.29) is 18.4 Å². The van der Waals surface area contributed by atoms with Crippen molar-refractivity contribution in [2.75, 3.05) is 0 Å². The molecule has 74 valence electrons. The Labute approximate surface area is 79.8 Å². The summed E-state index contributed by atoms with van der Waals surface area (Å²) in [5.41, 5.74) is -0.461. The predicted octanol–water partition coefficient (Wildman–Crippen LogP) is 3.16. The van der Waals surface area contributed by atoms with Crippen LogP contribution in [0.5, 0.6) is 0 Å². The lowest BCUT2D eigenvalue weighted by Gasteiger charge is -2.10. The molecule has 14 heavy (non-hydrogen) atoms. The molecule has 4 heteroatoms. The number of hydrogen-bond acceptors (Lipinski definition) is 1. The molecule has 1 nitrogen and oxygen atoms in total. The van der Waals surface area contributed by atoms with Crippen molar-refractivity contribution in [1.29, 1.82) is 5.26 Å². The lowest BCUT2D eigenvalue weighted by molar-refractivity contribution is -0.138. The highest BCUT2D eigenvalue weighted by atomic mass is 19.4. The zero-order valence-electron chi connectivity index (χ0n) is 7.30. The molecule has 0 spiro atoms. The number of halogens is 3. The number of rotatable bonds is 2. The van der Waals surface area contributed by atoms with Gasteiger partial charge in [0.25, 0.3) is 0 Å². The molecule has 0 fully saturated rings. The number of hydrogen-bond donors (Lipinski definition) is 0. The maximum atomic E-state index is 12.4.